The summed E-state index contributed by atoms with van der Waals surface area (Å²) in [6.45, 7) is 0.527. The number of hydrogen-bond donors (Lipinski definition) is 1. The van der Waals surface area contributed by atoms with Gasteiger partial charge in [0.15, 0.2) is 5.76 Å². The first-order valence-electron chi connectivity index (χ1n) is 8.93. The Kier molecular flexibility index (Phi) is 5.26. The smallest absolute Gasteiger partial charge is 0.270 e. The van der Waals surface area contributed by atoms with Crippen LogP contribution in [0.3, 0.4) is 0 Å². The molecule has 0 aliphatic rings. The molecule has 140 valence electrons. The van der Waals surface area contributed by atoms with Gasteiger partial charge in [0.05, 0.1) is 12.0 Å². The van der Waals surface area contributed by atoms with Crippen LogP contribution in [0, 0.1) is 0 Å². The lowest BCUT2D eigenvalue weighted by molar-refractivity contribution is 0.0946. The molecule has 0 fully saturated rings. The Hall–Kier alpha value is -3.31. The number of carbonyl (C=O) groups excluding carboxylic acids is 1. The number of rotatable bonds is 6. The van der Waals surface area contributed by atoms with Crippen molar-refractivity contribution in [3.8, 4) is 17.1 Å². The summed E-state index contributed by atoms with van der Waals surface area (Å²) >= 11 is 6.12. The van der Waals surface area contributed by atoms with Gasteiger partial charge in [-0.1, -0.05) is 48.0 Å². The van der Waals surface area contributed by atoms with Gasteiger partial charge in [-0.2, -0.15) is 5.10 Å². The van der Waals surface area contributed by atoms with Crippen LogP contribution >= 0.6 is 11.6 Å². The molecule has 0 bridgehead atoms. The molecule has 0 atom stereocenters. The number of nitrogens with one attached hydrogen (secondary N) is 1. The summed E-state index contributed by atoms with van der Waals surface area (Å²) in [6, 6.07) is 22.6. The molecule has 0 radical (unpaired) electrons. The van der Waals surface area contributed by atoms with Crippen LogP contribution < -0.4 is 5.32 Å². The van der Waals surface area contributed by atoms with Gasteiger partial charge in [-0.05, 0) is 42.3 Å². The van der Waals surface area contributed by atoms with Crippen molar-refractivity contribution in [3.63, 3.8) is 0 Å². The first kappa shape index (κ1) is 18.1. The Balaban J connectivity index is 1.60. The van der Waals surface area contributed by atoms with Gasteiger partial charge in [0.25, 0.3) is 5.91 Å². The van der Waals surface area contributed by atoms with Crippen LogP contribution in [0.5, 0.6) is 0 Å². The summed E-state index contributed by atoms with van der Waals surface area (Å²) in [5.74, 6) is 0.389. The van der Waals surface area contributed by atoms with E-state index in [0.29, 0.717) is 34.4 Å². The van der Waals surface area contributed by atoms with Gasteiger partial charge in [0, 0.05) is 17.6 Å². The third kappa shape index (κ3) is 4.00. The number of benzene rings is 2. The molecule has 0 saturated carbocycles. The Labute approximate surface area is 167 Å². The highest BCUT2D eigenvalue weighted by atomic mass is 35.5. The van der Waals surface area contributed by atoms with Crippen molar-refractivity contribution < 1.29 is 9.21 Å². The summed E-state index contributed by atoms with van der Waals surface area (Å²) in [6.07, 6.45) is 2.33. The van der Waals surface area contributed by atoms with E-state index in [0.717, 1.165) is 6.42 Å². The van der Waals surface area contributed by atoms with Crippen molar-refractivity contribution in [2.24, 2.45) is 0 Å². The predicted octanol–water partition coefficient (Wildman–Crippen LogP) is 4.76. The van der Waals surface area contributed by atoms with Gasteiger partial charge in [0.2, 0.25) is 0 Å². The van der Waals surface area contributed by atoms with Gasteiger partial charge in [-0.3, -0.25) is 4.79 Å². The third-order valence-corrected chi connectivity index (χ3v) is 4.55. The molecule has 0 spiro atoms. The van der Waals surface area contributed by atoms with Crippen LogP contribution in [0.15, 0.2) is 83.5 Å². The summed E-state index contributed by atoms with van der Waals surface area (Å²) in [5.41, 5.74) is 2.88. The fraction of sp³-hybridized carbons (Fsp3) is 0.0909. The van der Waals surface area contributed by atoms with Crippen LogP contribution in [0.1, 0.15) is 16.1 Å². The standard InChI is InChI=1S/C22H18ClN3O2/c23-17-8-4-9-18(14-17)26-20(15-19(25-26)21-10-5-13-28-21)22(27)24-12-11-16-6-2-1-3-7-16/h1-10,13-15H,11-12H2,(H,24,27). The first-order chi connectivity index (χ1) is 13.7. The molecule has 2 aromatic heterocycles. The largest absolute Gasteiger partial charge is 0.463 e. The number of nitrogens with zero attached hydrogens (tertiary/aromatic N) is 2. The Morgan fingerprint density at radius 3 is 2.64 bits per heavy atom. The Bertz CT molecular complexity index is 1070. The second-order valence-corrected chi connectivity index (χ2v) is 6.71. The fourth-order valence-electron chi connectivity index (χ4n) is 2.95. The SMILES string of the molecule is O=C(NCCc1ccccc1)c1cc(-c2ccco2)nn1-c1cccc(Cl)c1. The van der Waals surface area contributed by atoms with Crippen molar-refractivity contribution in [1.82, 2.24) is 15.1 Å². The van der Waals surface area contributed by atoms with Gasteiger partial charge in [-0.25, -0.2) is 4.68 Å². The van der Waals surface area contributed by atoms with E-state index in [2.05, 4.69) is 10.4 Å². The van der Waals surface area contributed by atoms with Gasteiger partial charge >= 0.3 is 0 Å². The molecule has 0 unspecified atom stereocenters. The molecule has 0 saturated heterocycles. The summed E-state index contributed by atoms with van der Waals surface area (Å²) in [7, 11) is 0. The average Bonchev–Trinajstić information content (AvgIpc) is 3.38. The van der Waals surface area contributed by atoms with Gasteiger partial charge in [-0.15, -0.1) is 0 Å². The van der Waals surface area contributed by atoms with E-state index in [1.807, 2.05) is 48.5 Å². The highest BCUT2D eigenvalue weighted by Gasteiger charge is 2.18. The Morgan fingerprint density at radius 2 is 1.89 bits per heavy atom. The number of amides is 1. The average molecular weight is 392 g/mol. The van der Waals surface area contributed by atoms with Crippen molar-refractivity contribution in [2.45, 2.75) is 6.42 Å². The van der Waals surface area contributed by atoms with E-state index in [1.165, 1.54) is 5.56 Å². The zero-order valence-electron chi connectivity index (χ0n) is 15.0. The van der Waals surface area contributed by atoms with Crippen LogP contribution in [-0.4, -0.2) is 22.2 Å². The molecule has 4 aromatic rings. The maximum absolute atomic E-state index is 12.9. The topological polar surface area (TPSA) is 60.1 Å². The van der Waals surface area contributed by atoms with Crippen LogP contribution in [0.4, 0.5) is 0 Å². The molecule has 28 heavy (non-hydrogen) atoms. The first-order valence-corrected chi connectivity index (χ1v) is 9.30. The molecule has 0 aliphatic carbocycles. The lowest BCUT2D eigenvalue weighted by Crippen LogP contribution is -2.27. The lowest BCUT2D eigenvalue weighted by atomic mass is 10.1. The fourth-order valence-corrected chi connectivity index (χ4v) is 3.13. The van der Waals surface area contributed by atoms with Crippen molar-refractivity contribution in [3.05, 3.63) is 95.3 Å². The van der Waals surface area contributed by atoms with E-state index in [1.54, 1.807) is 35.2 Å². The minimum atomic E-state index is -0.207. The van der Waals surface area contributed by atoms with E-state index < -0.39 is 0 Å². The molecule has 6 heteroatoms. The van der Waals surface area contributed by atoms with Crippen LogP contribution in [0.25, 0.3) is 17.1 Å². The predicted molar refractivity (Wildman–Crippen MR) is 109 cm³/mol. The Morgan fingerprint density at radius 1 is 1.04 bits per heavy atom. The summed E-state index contributed by atoms with van der Waals surface area (Å²) in [5, 5.41) is 8.09. The number of halogens is 1. The van der Waals surface area contributed by atoms with Crippen molar-refractivity contribution in [2.75, 3.05) is 6.54 Å². The number of carbonyl (C=O) groups is 1. The van der Waals surface area contributed by atoms with Crippen molar-refractivity contribution >= 4 is 17.5 Å². The van der Waals surface area contributed by atoms with Crippen molar-refractivity contribution in [1.29, 1.82) is 0 Å². The second-order valence-electron chi connectivity index (χ2n) is 6.28. The van der Waals surface area contributed by atoms with E-state index >= 15 is 0 Å². The quantitative estimate of drug-likeness (QED) is 0.515. The molecule has 2 heterocycles. The third-order valence-electron chi connectivity index (χ3n) is 4.31. The number of aromatic nitrogens is 2. The lowest BCUT2D eigenvalue weighted by Gasteiger charge is -2.09. The summed E-state index contributed by atoms with van der Waals surface area (Å²) in [4.78, 5) is 12.9. The van der Waals surface area contributed by atoms with Crippen LogP contribution in [0.2, 0.25) is 5.02 Å². The monoisotopic (exact) mass is 391 g/mol. The molecule has 4 rings (SSSR count). The summed E-state index contributed by atoms with van der Waals surface area (Å²) < 4.78 is 7.02. The van der Waals surface area contributed by atoms with E-state index in [9.17, 15) is 4.79 Å². The number of furan rings is 1. The van der Waals surface area contributed by atoms with Crippen LogP contribution in [-0.2, 0) is 6.42 Å². The molecular formula is C22H18ClN3O2. The van der Waals surface area contributed by atoms with Gasteiger partial charge < -0.3 is 9.73 Å². The van der Waals surface area contributed by atoms with Gasteiger partial charge in [0.1, 0.15) is 11.4 Å². The molecule has 0 aliphatic heterocycles. The maximum Gasteiger partial charge on any atom is 0.270 e. The molecule has 1 amide bonds. The molecular weight excluding hydrogens is 374 g/mol. The molecule has 1 N–H and O–H groups in total. The minimum Gasteiger partial charge on any atom is -0.463 e. The highest BCUT2D eigenvalue weighted by Crippen LogP contribution is 2.23. The van der Waals surface area contributed by atoms with E-state index in [-0.39, 0.29) is 5.91 Å². The second kappa shape index (κ2) is 8.15. The highest BCUT2D eigenvalue weighted by molar-refractivity contribution is 6.30. The van der Waals surface area contributed by atoms with E-state index in [4.69, 9.17) is 16.0 Å². The maximum atomic E-state index is 12.9. The normalized spacial score (nSPS) is 10.8. The minimum absolute atomic E-state index is 0.207. The molecule has 5 nitrogen and oxygen atoms in total. The number of hydrogen-bond acceptors (Lipinski definition) is 3. The zero-order chi connectivity index (χ0) is 19.3. The zero-order valence-corrected chi connectivity index (χ0v) is 15.8. The molecule has 2 aromatic carbocycles.